The molecule has 6 heteroatoms. The maximum absolute atomic E-state index is 13.0. The maximum Gasteiger partial charge on any atom is 0.411 e. The van der Waals surface area contributed by atoms with Crippen LogP contribution in [0.1, 0.15) is 31.3 Å². The number of likely N-dealkylation sites (N-methyl/N-ethyl adjacent to an activating group) is 1. The summed E-state index contributed by atoms with van der Waals surface area (Å²) in [5.74, 6) is 0.0728. The molecule has 1 aliphatic heterocycles. The summed E-state index contributed by atoms with van der Waals surface area (Å²) < 4.78 is 11.2. The van der Waals surface area contributed by atoms with E-state index < -0.39 is 17.7 Å². The minimum absolute atomic E-state index is 0.200. The van der Waals surface area contributed by atoms with Crippen molar-refractivity contribution in [1.29, 1.82) is 0 Å². The molecule has 3 rings (SSSR count). The molecule has 1 atom stereocenters. The minimum atomic E-state index is -0.617. The first-order valence-electron chi connectivity index (χ1n) is 8.45. The largest absolute Gasteiger partial charge is 0.453 e. The van der Waals surface area contributed by atoms with Crippen LogP contribution in [0.5, 0.6) is 0 Å². The summed E-state index contributed by atoms with van der Waals surface area (Å²) in [7, 11) is 1.94. The van der Waals surface area contributed by atoms with Gasteiger partial charge in [-0.25, -0.2) is 4.79 Å². The molecule has 25 heavy (non-hydrogen) atoms. The van der Waals surface area contributed by atoms with E-state index in [0.29, 0.717) is 25.2 Å². The number of piperazine rings is 1. The zero-order valence-corrected chi connectivity index (χ0v) is 15.1. The molecule has 0 unspecified atom stereocenters. The third-order valence-electron chi connectivity index (χ3n) is 4.18. The number of carbonyl (C=O) groups is 2. The fourth-order valence-electron chi connectivity index (χ4n) is 2.95. The lowest BCUT2D eigenvalue weighted by Crippen LogP contribution is -2.58. The van der Waals surface area contributed by atoms with Crippen molar-refractivity contribution in [3.05, 3.63) is 36.1 Å². The van der Waals surface area contributed by atoms with E-state index in [0.717, 1.165) is 5.39 Å². The number of ketones is 1. The minimum Gasteiger partial charge on any atom is -0.453 e. The molecular formula is C19H24N2O4. The Balaban J connectivity index is 1.87. The van der Waals surface area contributed by atoms with Gasteiger partial charge in [-0.15, -0.1) is 0 Å². The van der Waals surface area contributed by atoms with Crippen molar-refractivity contribution in [1.82, 2.24) is 9.80 Å². The fraction of sp³-hybridized carbons (Fsp3) is 0.474. The Hall–Kier alpha value is -2.34. The zero-order chi connectivity index (χ0) is 18.2. The van der Waals surface area contributed by atoms with Crippen LogP contribution < -0.4 is 0 Å². The summed E-state index contributed by atoms with van der Waals surface area (Å²) >= 11 is 0. The van der Waals surface area contributed by atoms with Gasteiger partial charge in [0.25, 0.3) is 0 Å². The second-order valence-corrected chi connectivity index (χ2v) is 7.46. The first-order valence-corrected chi connectivity index (χ1v) is 8.45. The zero-order valence-electron chi connectivity index (χ0n) is 15.1. The summed E-state index contributed by atoms with van der Waals surface area (Å²) in [6.45, 7) is 7.05. The van der Waals surface area contributed by atoms with Crippen molar-refractivity contribution in [3.63, 3.8) is 0 Å². The normalized spacial score (nSPS) is 19.2. The number of Topliss-reactive ketones (excluding diaryl/α,β-unsaturated/α-hetero) is 1. The summed E-state index contributed by atoms with van der Waals surface area (Å²) in [5, 5.41) is 0.874. The van der Waals surface area contributed by atoms with Gasteiger partial charge in [-0.2, -0.15) is 0 Å². The Labute approximate surface area is 147 Å². The highest BCUT2D eigenvalue weighted by atomic mass is 16.6. The van der Waals surface area contributed by atoms with Crippen molar-refractivity contribution in [2.24, 2.45) is 0 Å². The third-order valence-corrected chi connectivity index (χ3v) is 4.18. The molecule has 0 spiro atoms. The molecular weight excluding hydrogens is 320 g/mol. The topological polar surface area (TPSA) is 63.0 Å². The van der Waals surface area contributed by atoms with Gasteiger partial charge in [-0.3, -0.25) is 9.69 Å². The molecule has 2 heterocycles. The smallest absolute Gasteiger partial charge is 0.411 e. The number of hydrogen-bond donors (Lipinski definition) is 0. The molecule has 0 radical (unpaired) electrons. The molecule has 134 valence electrons. The summed E-state index contributed by atoms with van der Waals surface area (Å²) in [6.07, 6.45) is -0.463. The Kier molecular flexibility index (Phi) is 4.56. The van der Waals surface area contributed by atoms with E-state index in [2.05, 4.69) is 0 Å². The third kappa shape index (κ3) is 3.85. The van der Waals surface area contributed by atoms with Crippen LogP contribution in [0.15, 0.2) is 34.7 Å². The van der Waals surface area contributed by atoms with Crippen LogP contribution in [0.3, 0.4) is 0 Å². The molecule has 0 saturated carbocycles. The average Bonchev–Trinajstić information content (AvgIpc) is 2.96. The molecule has 0 N–H and O–H groups in total. The Morgan fingerprint density at radius 3 is 2.60 bits per heavy atom. The quantitative estimate of drug-likeness (QED) is 0.783. The first kappa shape index (κ1) is 17.5. The van der Waals surface area contributed by atoms with Crippen LogP contribution in [-0.4, -0.2) is 60.0 Å². The van der Waals surface area contributed by atoms with E-state index >= 15 is 0 Å². The number of benzene rings is 1. The van der Waals surface area contributed by atoms with Crippen LogP contribution in [0.4, 0.5) is 4.79 Å². The Morgan fingerprint density at radius 2 is 1.92 bits per heavy atom. The lowest BCUT2D eigenvalue weighted by Gasteiger charge is -2.39. The number of hydrogen-bond acceptors (Lipinski definition) is 5. The van der Waals surface area contributed by atoms with Gasteiger partial charge in [-0.05, 0) is 40.0 Å². The lowest BCUT2D eigenvalue weighted by atomic mass is 10.1. The van der Waals surface area contributed by atoms with Gasteiger partial charge in [0.1, 0.15) is 17.2 Å². The van der Waals surface area contributed by atoms with Gasteiger partial charge in [0.2, 0.25) is 5.78 Å². The summed E-state index contributed by atoms with van der Waals surface area (Å²) in [4.78, 5) is 29.1. The molecule has 1 fully saturated rings. The van der Waals surface area contributed by atoms with Crippen molar-refractivity contribution >= 4 is 22.8 Å². The van der Waals surface area contributed by atoms with E-state index in [4.69, 9.17) is 9.15 Å². The highest BCUT2D eigenvalue weighted by Crippen LogP contribution is 2.23. The van der Waals surface area contributed by atoms with E-state index in [1.54, 1.807) is 6.07 Å². The number of furan rings is 1. The molecule has 0 bridgehead atoms. The summed E-state index contributed by atoms with van der Waals surface area (Å²) in [5.41, 5.74) is 0.0618. The second-order valence-electron chi connectivity index (χ2n) is 7.46. The van der Waals surface area contributed by atoms with E-state index in [9.17, 15) is 9.59 Å². The first-order chi connectivity index (χ1) is 11.7. The number of rotatable bonds is 2. The van der Waals surface area contributed by atoms with Crippen LogP contribution in [0.25, 0.3) is 11.0 Å². The van der Waals surface area contributed by atoms with Gasteiger partial charge in [0, 0.05) is 25.0 Å². The van der Waals surface area contributed by atoms with Crippen LogP contribution in [-0.2, 0) is 4.74 Å². The lowest BCUT2D eigenvalue weighted by molar-refractivity contribution is 0.00261. The van der Waals surface area contributed by atoms with E-state index in [1.165, 1.54) is 4.90 Å². The van der Waals surface area contributed by atoms with Gasteiger partial charge >= 0.3 is 6.09 Å². The second kappa shape index (κ2) is 6.52. The van der Waals surface area contributed by atoms with E-state index in [-0.39, 0.29) is 11.5 Å². The SMILES string of the molecule is CN1CCN(C(=O)OC(C)(C)C)[C@H](C(=O)c2cc3ccccc3o2)C1. The number of nitrogens with zero attached hydrogens (tertiary/aromatic N) is 2. The number of carbonyl (C=O) groups excluding carboxylic acids is 2. The molecule has 0 aliphatic carbocycles. The average molecular weight is 344 g/mol. The maximum atomic E-state index is 13.0. The number of ether oxygens (including phenoxy) is 1. The molecule has 6 nitrogen and oxygen atoms in total. The highest BCUT2D eigenvalue weighted by Gasteiger charge is 2.38. The number of amides is 1. The van der Waals surface area contributed by atoms with Crippen LogP contribution >= 0.6 is 0 Å². The molecule has 1 aromatic carbocycles. The van der Waals surface area contributed by atoms with Crippen LogP contribution in [0.2, 0.25) is 0 Å². The van der Waals surface area contributed by atoms with Gasteiger partial charge in [0.15, 0.2) is 5.76 Å². The number of fused-ring (bicyclic) bond motifs is 1. The van der Waals surface area contributed by atoms with Gasteiger partial charge in [-0.1, -0.05) is 18.2 Å². The summed E-state index contributed by atoms with van der Waals surface area (Å²) in [6, 6.07) is 8.60. The van der Waals surface area contributed by atoms with Crippen molar-refractivity contribution in [2.75, 3.05) is 26.7 Å². The predicted molar refractivity (Wildman–Crippen MR) is 94.8 cm³/mol. The fourth-order valence-corrected chi connectivity index (χ4v) is 2.95. The van der Waals surface area contributed by atoms with Crippen molar-refractivity contribution in [2.45, 2.75) is 32.4 Å². The van der Waals surface area contributed by atoms with Gasteiger partial charge in [0.05, 0.1) is 0 Å². The van der Waals surface area contributed by atoms with Crippen molar-refractivity contribution in [3.8, 4) is 0 Å². The molecule has 2 aromatic rings. The molecule has 1 saturated heterocycles. The van der Waals surface area contributed by atoms with E-state index in [1.807, 2.05) is 57.0 Å². The van der Waals surface area contributed by atoms with Crippen LogP contribution in [0, 0.1) is 0 Å². The molecule has 1 aromatic heterocycles. The Morgan fingerprint density at radius 1 is 1.20 bits per heavy atom. The van der Waals surface area contributed by atoms with Crippen molar-refractivity contribution < 1.29 is 18.7 Å². The standard InChI is InChI=1S/C19H24N2O4/c1-19(2,3)25-18(23)21-10-9-20(4)12-14(21)17(22)16-11-13-7-5-6-8-15(13)24-16/h5-8,11,14H,9-10,12H2,1-4H3/t14-/m0/s1. The molecule has 1 aliphatic rings. The highest BCUT2D eigenvalue weighted by molar-refractivity contribution is 6.02. The molecule has 1 amide bonds. The predicted octanol–water partition coefficient (Wildman–Crippen LogP) is 3.17. The Bertz CT molecular complexity index is 757. The monoisotopic (exact) mass is 344 g/mol. The number of para-hydroxylation sites is 1. The van der Waals surface area contributed by atoms with Gasteiger partial charge < -0.3 is 14.1 Å².